The lowest BCUT2D eigenvalue weighted by Gasteiger charge is -2.21. The molecule has 0 radical (unpaired) electrons. The molecule has 432 valence electrons. The second-order valence-electron chi connectivity index (χ2n) is 21.9. The fourth-order valence-corrected chi connectivity index (χ4v) is 10.9. The second-order valence-corrected chi connectivity index (χ2v) is 24.4. The Bertz CT molecular complexity index is 897. The third-order valence-corrected chi connectivity index (χ3v) is 16.3. The third-order valence-electron chi connectivity index (χ3n) is 14.3. The summed E-state index contributed by atoms with van der Waals surface area (Å²) in [4.78, 5) is 23.6. The number of nitrogens with one attached hydrogen (secondary N) is 2. The number of thioether (sulfide) groups is 2. The average Bonchev–Trinajstić information content (AvgIpc) is 3.68. The molecule has 10 rings (SSSR count). The van der Waals surface area contributed by atoms with Crippen LogP contribution < -0.4 is 10.6 Å². The van der Waals surface area contributed by atoms with Crippen LogP contribution in [0.15, 0.2) is 0 Å². The van der Waals surface area contributed by atoms with Gasteiger partial charge in [-0.25, -0.2) is 0 Å². The van der Waals surface area contributed by atoms with Gasteiger partial charge in [0.25, 0.3) is 0 Å². The van der Waals surface area contributed by atoms with Gasteiger partial charge >= 0.3 is 0 Å². The SMILES string of the molecule is CN1CCCC1.CN1CCCC1.CN1CCCCC1.CN1CCCCCC1.CN1CCCNCC1.CN1CCCOCC1.CN1CCCSCC1.CN1CCNCC1.CN1CCOCC1.CN1CCSCC1. The van der Waals surface area contributed by atoms with Crippen LogP contribution in [-0.2, 0) is 9.47 Å². The second kappa shape index (κ2) is 51.9. The van der Waals surface area contributed by atoms with Gasteiger partial charge in [-0.05, 0) is 219 Å². The number of ether oxygens (including phenoxy) is 2. The molecule has 10 fully saturated rings. The summed E-state index contributed by atoms with van der Waals surface area (Å²) >= 11 is 4.13. The van der Waals surface area contributed by atoms with Crippen LogP contribution >= 0.6 is 23.5 Å². The molecule has 0 aliphatic carbocycles. The average molecular weight is 1060 g/mol. The number of likely N-dealkylation sites (tertiary alicyclic amines) is 4. The molecule has 0 bridgehead atoms. The third kappa shape index (κ3) is 49.7. The molecule has 10 aliphatic rings. The molecule has 14 nitrogen and oxygen atoms in total. The van der Waals surface area contributed by atoms with Crippen LogP contribution in [0.3, 0.4) is 0 Å². The summed E-state index contributed by atoms with van der Waals surface area (Å²) in [5.41, 5.74) is 0. The standard InChI is InChI=1S/C7H15N.C6H14N2.C6H13NO.C6H13NS.C6H13N.C5H12N2.C5H11NO.C5H11NS.2C5H11N/c1-8-6-4-2-3-5-7-8;1-8-5-2-3-7-4-6-8;2*1-7-3-2-5-8-6-4-7;1-7-5-3-2-4-6-7;1-7-4-2-6-3-5-7;2*1-6-2-4-7-5-3-6;2*1-6-4-2-3-5-6/h2-7H2,1H3;7H,2-6H2,1H3;2*2-6H2,1H3;2-6H2,1H3;6H,2-5H2,1H3;2*2-5H2,1H3;2*2-5H2,1H3. The van der Waals surface area contributed by atoms with Crippen molar-refractivity contribution in [3.05, 3.63) is 0 Å². The van der Waals surface area contributed by atoms with Gasteiger partial charge in [0.05, 0.1) is 19.8 Å². The van der Waals surface area contributed by atoms with Gasteiger partial charge in [-0.1, -0.05) is 19.3 Å². The van der Waals surface area contributed by atoms with E-state index in [0.717, 1.165) is 65.7 Å². The zero-order valence-electron chi connectivity index (χ0n) is 49.6. The van der Waals surface area contributed by atoms with Crippen molar-refractivity contribution in [3.63, 3.8) is 0 Å². The molecule has 0 spiro atoms. The molecule has 0 atom stereocenters. The highest BCUT2D eigenvalue weighted by molar-refractivity contribution is 7.99. The lowest BCUT2D eigenvalue weighted by atomic mass is 10.1. The van der Waals surface area contributed by atoms with E-state index in [1.165, 1.54) is 231 Å². The van der Waals surface area contributed by atoms with Crippen LogP contribution in [0.2, 0.25) is 0 Å². The van der Waals surface area contributed by atoms with E-state index in [9.17, 15) is 0 Å². The predicted octanol–water partition coefficient (Wildman–Crippen LogP) is 5.46. The molecule has 72 heavy (non-hydrogen) atoms. The fraction of sp³-hybridized carbons (Fsp3) is 1.00. The Morgan fingerprint density at radius 1 is 0.222 bits per heavy atom. The highest BCUT2D eigenvalue weighted by Crippen LogP contribution is 2.09. The Morgan fingerprint density at radius 3 is 0.889 bits per heavy atom. The maximum Gasteiger partial charge on any atom is 0.0594 e. The van der Waals surface area contributed by atoms with Crippen LogP contribution in [0.5, 0.6) is 0 Å². The molecular formula is C56H124N12O2S2. The van der Waals surface area contributed by atoms with Crippen LogP contribution in [-0.4, -0.2) is 326 Å². The Hall–Kier alpha value is 0.140. The Morgan fingerprint density at radius 2 is 0.486 bits per heavy atom. The molecule has 0 aromatic rings. The molecule has 0 aromatic carbocycles. The first-order valence-electron chi connectivity index (χ1n) is 29.5. The van der Waals surface area contributed by atoms with Crippen molar-refractivity contribution < 1.29 is 9.47 Å². The molecule has 10 aliphatic heterocycles. The minimum Gasteiger partial charge on any atom is -0.380 e. The van der Waals surface area contributed by atoms with E-state index in [2.05, 4.69) is 154 Å². The van der Waals surface area contributed by atoms with E-state index < -0.39 is 0 Å². The van der Waals surface area contributed by atoms with Gasteiger partial charge in [0.15, 0.2) is 0 Å². The Kier molecular flexibility index (Phi) is 50.5. The minimum atomic E-state index is 0.913. The molecule has 16 heteroatoms. The van der Waals surface area contributed by atoms with Gasteiger partial charge in [0.1, 0.15) is 0 Å². The fourth-order valence-electron chi connectivity index (χ4n) is 8.84. The number of piperazine rings is 1. The molecule has 10 saturated heterocycles. The first-order chi connectivity index (χ1) is 34.9. The first-order valence-corrected chi connectivity index (χ1v) is 31.8. The number of piperidine rings is 1. The number of rotatable bonds is 0. The quantitative estimate of drug-likeness (QED) is 0.323. The van der Waals surface area contributed by atoms with Crippen LogP contribution in [0.25, 0.3) is 0 Å². The van der Waals surface area contributed by atoms with Crippen molar-refractivity contribution >= 4 is 23.5 Å². The summed E-state index contributed by atoms with van der Waals surface area (Å²) in [5, 5.41) is 6.61. The van der Waals surface area contributed by atoms with Gasteiger partial charge in [-0.15, -0.1) is 0 Å². The summed E-state index contributed by atoms with van der Waals surface area (Å²) in [6.07, 6.45) is 19.5. The highest BCUT2D eigenvalue weighted by atomic mass is 32.2. The molecule has 0 amide bonds. The summed E-state index contributed by atoms with van der Waals surface area (Å²) in [6.45, 7) is 33.4. The van der Waals surface area contributed by atoms with Crippen molar-refractivity contribution in [1.82, 2.24) is 59.6 Å². The molecular weight excluding hydrogens is 937 g/mol. The topological polar surface area (TPSA) is 74.9 Å². The molecule has 0 unspecified atom stereocenters. The Labute approximate surface area is 457 Å². The van der Waals surface area contributed by atoms with Crippen LogP contribution in [0.4, 0.5) is 0 Å². The predicted molar refractivity (Wildman–Crippen MR) is 322 cm³/mol. The van der Waals surface area contributed by atoms with E-state index in [1.54, 1.807) is 0 Å². The molecule has 0 saturated carbocycles. The van der Waals surface area contributed by atoms with Gasteiger partial charge in [-0.3, -0.25) is 0 Å². The zero-order valence-corrected chi connectivity index (χ0v) is 51.3. The smallest absolute Gasteiger partial charge is 0.0594 e. The molecule has 2 N–H and O–H groups in total. The molecule has 0 aromatic heterocycles. The van der Waals surface area contributed by atoms with Gasteiger partial charge in [0.2, 0.25) is 0 Å². The van der Waals surface area contributed by atoms with E-state index in [0.29, 0.717) is 0 Å². The largest absolute Gasteiger partial charge is 0.380 e. The Balaban J connectivity index is 0.000000401. The first kappa shape index (κ1) is 70.2. The molecule has 10 heterocycles. The van der Waals surface area contributed by atoms with E-state index in [1.807, 2.05) is 0 Å². The van der Waals surface area contributed by atoms with Gasteiger partial charge < -0.3 is 69.1 Å². The van der Waals surface area contributed by atoms with Crippen molar-refractivity contribution in [2.24, 2.45) is 0 Å². The summed E-state index contributed by atoms with van der Waals surface area (Å²) < 4.78 is 10.3. The van der Waals surface area contributed by atoms with Crippen LogP contribution in [0.1, 0.15) is 89.9 Å². The lowest BCUT2D eigenvalue weighted by Crippen LogP contribution is -2.40. The van der Waals surface area contributed by atoms with Crippen molar-refractivity contribution in [1.29, 1.82) is 0 Å². The number of likely N-dealkylation sites (N-methyl/N-ethyl adjacent to an activating group) is 4. The number of hydrogen-bond donors (Lipinski definition) is 2. The number of hydrogen-bond acceptors (Lipinski definition) is 16. The van der Waals surface area contributed by atoms with Crippen LogP contribution in [0, 0.1) is 0 Å². The summed E-state index contributed by atoms with van der Waals surface area (Å²) in [7, 11) is 21.7. The van der Waals surface area contributed by atoms with Crippen molar-refractivity contribution in [2.75, 3.05) is 277 Å². The highest BCUT2D eigenvalue weighted by Gasteiger charge is 2.08. The van der Waals surface area contributed by atoms with E-state index >= 15 is 0 Å². The number of morpholine rings is 1. The van der Waals surface area contributed by atoms with Crippen molar-refractivity contribution in [2.45, 2.75) is 89.9 Å². The lowest BCUT2D eigenvalue weighted by molar-refractivity contribution is 0.0503. The normalized spacial score (nSPS) is 25.2. The van der Waals surface area contributed by atoms with Crippen molar-refractivity contribution in [3.8, 4) is 0 Å². The van der Waals surface area contributed by atoms with Gasteiger partial charge in [-0.2, -0.15) is 23.5 Å². The minimum absolute atomic E-state index is 0.913. The number of nitrogens with zero attached hydrogens (tertiary/aromatic N) is 10. The maximum absolute atomic E-state index is 5.22. The van der Waals surface area contributed by atoms with E-state index in [4.69, 9.17) is 9.47 Å². The monoisotopic (exact) mass is 1060 g/mol. The zero-order chi connectivity index (χ0) is 52.5. The summed E-state index contributed by atoms with van der Waals surface area (Å²) in [5.74, 6) is 5.36. The van der Waals surface area contributed by atoms with E-state index in [-0.39, 0.29) is 0 Å². The maximum atomic E-state index is 5.22. The summed E-state index contributed by atoms with van der Waals surface area (Å²) in [6, 6.07) is 0. The van der Waals surface area contributed by atoms with Gasteiger partial charge in [0, 0.05) is 109 Å².